The number of hydrogen-bond acceptors (Lipinski definition) is 3. The van der Waals surface area contributed by atoms with Crippen molar-refractivity contribution in [2.45, 2.75) is 13.0 Å². The maximum Gasteiger partial charge on any atom is 0.196 e. The van der Waals surface area contributed by atoms with Gasteiger partial charge in [-0.15, -0.1) is 0 Å². The van der Waals surface area contributed by atoms with E-state index >= 15 is 0 Å². The molecule has 0 saturated heterocycles. The summed E-state index contributed by atoms with van der Waals surface area (Å²) in [5.74, 6) is 0.520. The summed E-state index contributed by atoms with van der Waals surface area (Å²) < 4.78 is 0. The number of aryl methyl sites for hydroxylation is 1. The molecule has 3 nitrogen and oxygen atoms in total. The minimum absolute atomic E-state index is 0.107. The molecule has 3 rings (SSSR count). The van der Waals surface area contributed by atoms with Crippen molar-refractivity contribution in [3.05, 3.63) is 64.7 Å². The Morgan fingerprint density at radius 3 is 2.60 bits per heavy atom. The highest BCUT2D eigenvalue weighted by atomic mass is 35.5. The van der Waals surface area contributed by atoms with Crippen LogP contribution in [0.4, 0.5) is 5.69 Å². The molecular formula is C16H16ClN3. The molecule has 2 aromatic rings. The van der Waals surface area contributed by atoms with Gasteiger partial charge in [0.15, 0.2) is 5.96 Å². The predicted octanol–water partition coefficient (Wildman–Crippen LogP) is 3.52. The Balaban J connectivity index is 2.06. The van der Waals surface area contributed by atoms with Gasteiger partial charge in [-0.05, 0) is 30.2 Å². The van der Waals surface area contributed by atoms with E-state index in [-0.39, 0.29) is 6.04 Å². The van der Waals surface area contributed by atoms with Crippen molar-refractivity contribution in [3.8, 4) is 0 Å². The Morgan fingerprint density at radius 1 is 1.15 bits per heavy atom. The van der Waals surface area contributed by atoms with Crippen LogP contribution >= 0.6 is 11.6 Å². The van der Waals surface area contributed by atoms with Gasteiger partial charge in [0.2, 0.25) is 0 Å². The van der Waals surface area contributed by atoms with E-state index in [1.54, 1.807) is 0 Å². The Bertz CT molecular complexity index is 666. The number of aliphatic imine (C=N–C) groups is 1. The summed E-state index contributed by atoms with van der Waals surface area (Å²) in [5.41, 5.74) is 9.45. The SMILES string of the molecule is Cc1ccccc1C1CN=C(N)N1c1ccccc1Cl. The lowest BCUT2D eigenvalue weighted by molar-refractivity contribution is 0.762. The fourth-order valence-corrected chi connectivity index (χ4v) is 2.86. The van der Waals surface area contributed by atoms with Gasteiger partial charge >= 0.3 is 0 Å². The van der Waals surface area contributed by atoms with Gasteiger partial charge in [0.25, 0.3) is 0 Å². The number of halogens is 1. The number of hydrogen-bond donors (Lipinski definition) is 1. The molecule has 0 aromatic heterocycles. The highest BCUT2D eigenvalue weighted by Gasteiger charge is 2.30. The average Bonchev–Trinajstić information content (AvgIpc) is 2.82. The molecule has 1 aliphatic rings. The first-order valence-electron chi connectivity index (χ1n) is 6.57. The Labute approximate surface area is 123 Å². The zero-order valence-electron chi connectivity index (χ0n) is 11.3. The summed E-state index contributed by atoms with van der Waals surface area (Å²) in [6, 6.07) is 16.1. The first-order valence-corrected chi connectivity index (χ1v) is 6.95. The number of nitrogens with zero attached hydrogens (tertiary/aromatic N) is 2. The van der Waals surface area contributed by atoms with Crippen molar-refractivity contribution in [1.29, 1.82) is 0 Å². The maximum absolute atomic E-state index is 6.31. The number of benzene rings is 2. The zero-order chi connectivity index (χ0) is 14.1. The predicted molar refractivity (Wildman–Crippen MR) is 84.3 cm³/mol. The van der Waals surface area contributed by atoms with Crippen molar-refractivity contribution < 1.29 is 0 Å². The van der Waals surface area contributed by atoms with Crippen molar-refractivity contribution >= 4 is 23.2 Å². The van der Waals surface area contributed by atoms with Crippen molar-refractivity contribution in [2.24, 2.45) is 10.7 Å². The van der Waals surface area contributed by atoms with Gasteiger partial charge in [0.1, 0.15) is 0 Å². The van der Waals surface area contributed by atoms with Crippen molar-refractivity contribution in [3.63, 3.8) is 0 Å². The molecule has 1 heterocycles. The Morgan fingerprint density at radius 2 is 1.85 bits per heavy atom. The molecule has 0 amide bonds. The lowest BCUT2D eigenvalue weighted by Crippen LogP contribution is -2.36. The molecule has 102 valence electrons. The fraction of sp³-hybridized carbons (Fsp3) is 0.188. The number of para-hydroxylation sites is 1. The maximum atomic E-state index is 6.31. The van der Waals surface area contributed by atoms with E-state index in [0.717, 1.165) is 5.69 Å². The zero-order valence-corrected chi connectivity index (χ0v) is 12.0. The van der Waals surface area contributed by atoms with Gasteiger partial charge in [-0.2, -0.15) is 0 Å². The van der Waals surface area contributed by atoms with E-state index in [9.17, 15) is 0 Å². The van der Waals surface area contributed by atoms with Gasteiger partial charge in [0.05, 0.1) is 23.3 Å². The molecule has 20 heavy (non-hydrogen) atoms. The van der Waals surface area contributed by atoms with E-state index in [2.05, 4.69) is 24.0 Å². The average molecular weight is 286 g/mol. The number of anilines is 1. The van der Waals surface area contributed by atoms with Crippen molar-refractivity contribution in [1.82, 2.24) is 0 Å². The minimum atomic E-state index is 0.107. The third-order valence-corrected chi connectivity index (χ3v) is 3.96. The molecule has 0 bridgehead atoms. The van der Waals surface area contributed by atoms with Crippen molar-refractivity contribution in [2.75, 3.05) is 11.4 Å². The molecule has 0 saturated carbocycles. The Hall–Kier alpha value is -2.00. The lowest BCUT2D eigenvalue weighted by atomic mass is 10.0. The monoisotopic (exact) mass is 285 g/mol. The van der Waals surface area contributed by atoms with Crippen LogP contribution in [0.5, 0.6) is 0 Å². The summed E-state index contributed by atoms with van der Waals surface area (Å²) in [5, 5.41) is 0.686. The highest BCUT2D eigenvalue weighted by Crippen LogP contribution is 2.36. The molecular weight excluding hydrogens is 270 g/mol. The van der Waals surface area contributed by atoms with Crippen LogP contribution in [0.3, 0.4) is 0 Å². The van der Waals surface area contributed by atoms with Crippen LogP contribution in [-0.2, 0) is 0 Å². The Kier molecular flexibility index (Phi) is 3.36. The van der Waals surface area contributed by atoms with Crippen LogP contribution in [0.1, 0.15) is 17.2 Å². The van der Waals surface area contributed by atoms with Crippen LogP contribution in [0, 0.1) is 6.92 Å². The first kappa shape index (κ1) is 13.0. The normalized spacial score (nSPS) is 18.2. The fourth-order valence-electron chi connectivity index (χ4n) is 2.63. The quantitative estimate of drug-likeness (QED) is 0.917. The summed E-state index contributed by atoms with van der Waals surface area (Å²) in [6.45, 7) is 2.76. The second-order valence-electron chi connectivity index (χ2n) is 4.89. The van der Waals surface area contributed by atoms with Gasteiger partial charge < -0.3 is 10.6 Å². The van der Waals surface area contributed by atoms with Crippen LogP contribution < -0.4 is 10.6 Å². The van der Waals surface area contributed by atoms with Gasteiger partial charge in [-0.1, -0.05) is 48.0 Å². The number of nitrogens with two attached hydrogens (primary N) is 1. The van der Waals surface area contributed by atoms with Gasteiger partial charge in [0, 0.05) is 0 Å². The minimum Gasteiger partial charge on any atom is -0.369 e. The third-order valence-electron chi connectivity index (χ3n) is 3.64. The van der Waals surface area contributed by atoms with Crippen LogP contribution in [0.2, 0.25) is 5.02 Å². The largest absolute Gasteiger partial charge is 0.369 e. The summed E-state index contributed by atoms with van der Waals surface area (Å²) >= 11 is 6.31. The third kappa shape index (κ3) is 2.14. The summed E-state index contributed by atoms with van der Waals surface area (Å²) in [7, 11) is 0. The molecule has 4 heteroatoms. The van der Waals surface area contributed by atoms with E-state index in [1.165, 1.54) is 11.1 Å². The molecule has 1 unspecified atom stereocenters. The van der Waals surface area contributed by atoms with Gasteiger partial charge in [-0.25, -0.2) is 0 Å². The summed E-state index contributed by atoms with van der Waals surface area (Å²) in [6.07, 6.45) is 0. The first-order chi connectivity index (χ1) is 9.68. The topological polar surface area (TPSA) is 41.6 Å². The standard InChI is InChI=1S/C16H16ClN3/c1-11-6-2-3-7-12(11)15-10-19-16(18)20(15)14-9-5-4-8-13(14)17/h2-9,15H,10H2,1H3,(H2,18,19). The molecule has 2 aromatic carbocycles. The molecule has 0 radical (unpaired) electrons. The van der Waals surface area contributed by atoms with Gasteiger partial charge in [-0.3, -0.25) is 4.99 Å². The van der Waals surface area contributed by atoms with Crippen LogP contribution in [0.25, 0.3) is 0 Å². The van der Waals surface area contributed by atoms with E-state index in [1.807, 2.05) is 41.3 Å². The molecule has 0 aliphatic carbocycles. The highest BCUT2D eigenvalue weighted by molar-refractivity contribution is 6.33. The number of guanidine groups is 1. The van der Waals surface area contributed by atoms with Crippen LogP contribution in [-0.4, -0.2) is 12.5 Å². The second kappa shape index (κ2) is 5.17. The molecule has 0 spiro atoms. The smallest absolute Gasteiger partial charge is 0.196 e. The molecule has 2 N–H and O–H groups in total. The van der Waals surface area contributed by atoms with E-state index in [0.29, 0.717) is 17.5 Å². The molecule has 1 aliphatic heterocycles. The lowest BCUT2D eigenvalue weighted by Gasteiger charge is -2.28. The number of rotatable bonds is 2. The molecule has 0 fully saturated rings. The second-order valence-corrected chi connectivity index (χ2v) is 5.30. The van der Waals surface area contributed by atoms with E-state index in [4.69, 9.17) is 17.3 Å². The summed E-state index contributed by atoms with van der Waals surface area (Å²) in [4.78, 5) is 6.41. The molecule has 1 atom stereocenters. The van der Waals surface area contributed by atoms with E-state index < -0.39 is 0 Å². The van der Waals surface area contributed by atoms with Crippen LogP contribution in [0.15, 0.2) is 53.5 Å².